The number of hydrogen-bond donors (Lipinski definition) is 1. The van der Waals surface area contributed by atoms with Gasteiger partial charge in [-0.2, -0.15) is 10.1 Å². The van der Waals surface area contributed by atoms with E-state index in [1.165, 1.54) is 0 Å². The first-order chi connectivity index (χ1) is 15.0. The summed E-state index contributed by atoms with van der Waals surface area (Å²) in [6, 6.07) is 5.42. The second-order valence-electron chi connectivity index (χ2n) is 7.22. The minimum Gasteiger partial charge on any atom is -0.497 e. The Morgan fingerprint density at radius 1 is 1.19 bits per heavy atom. The first-order valence-corrected chi connectivity index (χ1v) is 11.8. The van der Waals surface area contributed by atoms with Crippen LogP contribution in [0.25, 0.3) is 0 Å². The molecule has 166 valence electrons. The molecule has 0 saturated carbocycles. The van der Waals surface area contributed by atoms with E-state index in [-0.39, 0.29) is 11.5 Å². The van der Waals surface area contributed by atoms with Gasteiger partial charge in [-0.1, -0.05) is 0 Å². The van der Waals surface area contributed by atoms with Crippen LogP contribution in [-0.4, -0.2) is 70.9 Å². The molecule has 1 fully saturated rings. The number of nitrogens with zero attached hydrogens (tertiary/aromatic N) is 4. The van der Waals surface area contributed by atoms with Crippen molar-refractivity contribution in [2.45, 2.75) is 12.2 Å². The quantitative estimate of drug-likeness (QED) is 0.516. The molecule has 4 rings (SSSR count). The summed E-state index contributed by atoms with van der Waals surface area (Å²) >= 11 is 0. The first-order valence-electron chi connectivity index (χ1n) is 9.93. The number of nitrogens with one attached hydrogen (secondary N) is 1. The Bertz CT molecular complexity index is 1080. The molecule has 1 aromatic heterocycles. The fourth-order valence-corrected chi connectivity index (χ4v) is 4.97. The van der Waals surface area contributed by atoms with Gasteiger partial charge in [0.15, 0.2) is 9.84 Å². The van der Waals surface area contributed by atoms with E-state index in [2.05, 4.69) is 20.5 Å². The lowest BCUT2D eigenvalue weighted by atomic mass is 10.1. The van der Waals surface area contributed by atoms with Crippen molar-refractivity contribution in [3.63, 3.8) is 0 Å². The molecule has 1 saturated heterocycles. The highest BCUT2D eigenvalue weighted by molar-refractivity contribution is 7.90. The second kappa shape index (κ2) is 9.06. The van der Waals surface area contributed by atoms with Crippen LogP contribution in [-0.2, 0) is 26.7 Å². The molecule has 11 heteroatoms. The number of rotatable bonds is 6. The lowest BCUT2D eigenvalue weighted by molar-refractivity contribution is 0.122. The molecular formula is C20H25N5O5S. The van der Waals surface area contributed by atoms with Crippen LogP contribution < -0.4 is 19.8 Å². The Morgan fingerprint density at radius 3 is 2.74 bits per heavy atom. The van der Waals surface area contributed by atoms with Crippen LogP contribution in [0.15, 0.2) is 23.3 Å². The summed E-state index contributed by atoms with van der Waals surface area (Å²) in [5.74, 6) is 2.31. The molecule has 1 aromatic carbocycles. The van der Waals surface area contributed by atoms with E-state index in [4.69, 9.17) is 14.2 Å². The number of hydrogen-bond acceptors (Lipinski definition) is 10. The number of benzene rings is 1. The minimum atomic E-state index is -3.15. The van der Waals surface area contributed by atoms with Crippen molar-refractivity contribution in [1.29, 1.82) is 0 Å². The molecule has 0 atom stereocenters. The van der Waals surface area contributed by atoms with Crippen LogP contribution in [0.3, 0.4) is 0 Å². The summed E-state index contributed by atoms with van der Waals surface area (Å²) in [4.78, 5) is 11.2. The molecule has 0 spiro atoms. The van der Waals surface area contributed by atoms with Crippen molar-refractivity contribution >= 4 is 27.8 Å². The Morgan fingerprint density at radius 2 is 2.00 bits per heavy atom. The molecule has 2 aliphatic heterocycles. The average Bonchev–Trinajstić information content (AvgIpc) is 2.79. The predicted molar refractivity (Wildman–Crippen MR) is 117 cm³/mol. The molecule has 0 amide bonds. The van der Waals surface area contributed by atoms with Crippen molar-refractivity contribution in [3.8, 4) is 11.5 Å². The van der Waals surface area contributed by atoms with Gasteiger partial charge < -0.3 is 19.1 Å². The molecular weight excluding hydrogens is 422 g/mol. The van der Waals surface area contributed by atoms with Gasteiger partial charge in [0.25, 0.3) is 0 Å². The van der Waals surface area contributed by atoms with Crippen LogP contribution >= 0.6 is 0 Å². The Balaban J connectivity index is 1.61. The van der Waals surface area contributed by atoms with Gasteiger partial charge in [-0.15, -0.1) is 0 Å². The fraction of sp³-hybridized carbons (Fsp3) is 0.450. The summed E-state index contributed by atoms with van der Waals surface area (Å²) < 4.78 is 40.4. The van der Waals surface area contributed by atoms with Crippen molar-refractivity contribution in [1.82, 2.24) is 9.97 Å². The fourth-order valence-electron chi connectivity index (χ4n) is 3.59. The maximum absolute atomic E-state index is 12.2. The summed E-state index contributed by atoms with van der Waals surface area (Å²) in [6.45, 7) is 2.44. The molecule has 31 heavy (non-hydrogen) atoms. The molecule has 0 aliphatic carbocycles. The van der Waals surface area contributed by atoms with Crippen molar-refractivity contribution in [3.05, 3.63) is 35.0 Å². The van der Waals surface area contributed by atoms with E-state index in [1.807, 2.05) is 17.0 Å². The Labute approximate surface area is 181 Å². The average molecular weight is 448 g/mol. The standard InChI is InChI=1S/C20H25N5O5S/c1-28-15-4-3-14(18(11-15)29-2)12-21-24-20-22-17-5-10-31(26,27)13-16(17)19(23-20)25-6-8-30-9-7-25/h3-4,11-12H,5-10,13H2,1-2H3,(H,22,23,24)/b21-12+. The number of fused-ring (bicyclic) bond motifs is 1. The Kier molecular flexibility index (Phi) is 6.23. The molecule has 1 N–H and O–H groups in total. The van der Waals surface area contributed by atoms with Gasteiger partial charge in [0.05, 0.1) is 50.8 Å². The molecule has 0 unspecified atom stereocenters. The number of methoxy groups -OCH3 is 2. The van der Waals surface area contributed by atoms with Crippen LogP contribution in [0.5, 0.6) is 11.5 Å². The van der Waals surface area contributed by atoms with Crippen LogP contribution in [0, 0.1) is 0 Å². The van der Waals surface area contributed by atoms with Gasteiger partial charge >= 0.3 is 0 Å². The van der Waals surface area contributed by atoms with E-state index < -0.39 is 9.84 Å². The van der Waals surface area contributed by atoms with E-state index in [9.17, 15) is 8.42 Å². The number of ether oxygens (including phenoxy) is 3. The normalized spacial score (nSPS) is 17.9. The second-order valence-corrected chi connectivity index (χ2v) is 9.40. The third-order valence-electron chi connectivity index (χ3n) is 5.20. The molecule has 10 nitrogen and oxygen atoms in total. The summed E-state index contributed by atoms with van der Waals surface area (Å²) in [5, 5.41) is 4.26. The predicted octanol–water partition coefficient (Wildman–Crippen LogP) is 1.25. The highest BCUT2D eigenvalue weighted by Crippen LogP contribution is 2.30. The minimum absolute atomic E-state index is 0.0401. The number of morpholine rings is 1. The lowest BCUT2D eigenvalue weighted by Crippen LogP contribution is -2.38. The zero-order valence-electron chi connectivity index (χ0n) is 17.5. The van der Waals surface area contributed by atoms with Crippen molar-refractivity contribution in [2.24, 2.45) is 5.10 Å². The molecule has 0 bridgehead atoms. The van der Waals surface area contributed by atoms with Gasteiger partial charge in [-0.05, 0) is 12.1 Å². The number of hydrazone groups is 1. The highest BCUT2D eigenvalue weighted by atomic mass is 32.2. The number of sulfone groups is 1. The molecule has 2 aromatic rings. The van der Waals surface area contributed by atoms with E-state index in [0.29, 0.717) is 61.6 Å². The van der Waals surface area contributed by atoms with Gasteiger partial charge in [-0.3, -0.25) is 0 Å². The largest absolute Gasteiger partial charge is 0.497 e. The Hall–Kier alpha value is -2.92. The number of anilines is 2. The first kappa shape index (κ1) is 21.3. The molecule has 3 heterocycles. The maximum Gasteiger partial charge on any atom is 0.245 e. The van der Waals surface area contributed by atoms with Gasteiger partial charge in [0.2, 0.25) is 5.95 Å². The summed E-state index contributed by atoms with van der Waals surface area (Å²) in [6.07, 6.45) is 1.97. The zero-order chi connectivity index (χ0) is 21.8. The zero-order valence-corrected chi connectivity index (χ0v) is 18.3. The van der Waals surface area contributed by atoms with Gasteiger partial charge in [0, 0.05) is 36.7 Å². The highest BCUT2D eigenvalue weighted by Gasteiger charge is 2.29. The third-order valence-corrected chi connectivity index (χ3v) is 6.76. The SMILES string of the molecule is COc1ccc(/C=N/Nc2nc3c(c(N4CCOCC4)n2)CS(=O)(=O)CC3)c(OC)c1. The summed E-state index contributed by atoms with van der Waals surface area (Å²) in [5.41, 5.74) is 5.06. The maximum atomic E-state index is 12.2. The van der Waals surface area contributed by atoms with Gasteiger partial charge in [0.1, 0.15) is 17.3 Å². The van der Waals surface area contributed by atoms with Crippen LogP contribution in [0.1, 0.15) is 16.8 Å². The van der Waals surface area contributed by atoms with Crippen LogP contribution in [0.2, 0.25) is 0 Å². The topological polar surface area (TPSA) is 115 Å². The number of aryl methyl sites for hydroxylation is 1. The molecule has 2 aliphatic rings. The smallest absolute Gasteiger partial charge is 0.245 e. The van der Waals surface area contributed by atoms with Crippen molar-refractivity contribution < 1.29 is 22.6 Å². The molecule has 0 radical (unpaired) electrons. The van der Waals surface area contributed by atoms with Crippen LogP contribution in [0.4, 0.5) is 11.8 Å². The van der Waals surface area contributed by atoms with E-state index >= 15 is 0 Å². The lowest BCUT2D eigenvalue weighted by Gasteiger charge is -2.31. The van der Waals surface area contributed by atoms with E-state index in [1.54, 1.807) is 26.5 Å². The third kappa shape index (κ3) is 4.88. The van der Waals surface area contributed by atoms with Gasteiger partial charge in [-0.25, -0.2) is 18.8 Å². The van der Waals surface area contributed by atoms with E-state index in [0.717, 1.165) is 11.3 Å². The monoisotopic (exact) mass is 447 g/mol. The van der Waals surface area contributed by atoms with Crippen molar-refractivity contribution in [2.75, 3.05) is 56.6 Å². The number of aromatic nitrogens is 2. The summed E-state index contributed by atoms with van der Waals surface area (Å²) in [7, 11) is 0.0215.